The molecule has 110 valence electrons. The Hall–Kier alpha value is -0.860. The van der Waals surface area contributed by atoms with Crippen molar-refractivity contribution in [2.45, 2.75) is 63.1 Å². The van der Waals surface area contributed by atoms with Crippen molar-refractivity contribution in [1.29, 1.82) is 0 Å². The van der Waals surface area contributed by atoms with E-state index < -0.39 is 0 Å². The maximum Gasteiger partial charge on any atom is 0.0578 e. The van der Waals surface area contributed by atoms with Gasteiger partial charge < -0.3 is 9.84 Å². The Morgan fingerprint density at radius 2 is 1.90 bits per heavy atom. The van der Waals surface area contributed by atoms with Gasteiger partial charge in [-0.05, 0) is 62.3 Å². The highest BCUT2D eigenvalue weighted by molar-refractivity contribution is 5.20. The molecular formula is C18H26O2. The second-order valence-electron chi connectivity index (χ2n) is 6.47. The molecule has 4 unspecified atom stereocenters. The molecule has 1 saturated carbocycles. The summed E-state index contributed by atoms with van der Waals surface area (Å²) in [6, 6.07) is 10.8. The third-order valence-corrected chi connectivity index (χ3v) is 5.05. The number of hydrogen-bond acceptors (Lipinski definition) is 2. The summed E-state index contributed by atoms with van der Waals surface area (Å²) in [5, 5.41) is 10.3. The van der Waals surface area contributed by atoms with E-state index in [0.29, 0.717) is 17.9 Å². The molecular weight excluding hydrogens is 248 g/mol. The highest BCUT2D eigenvalue weighted by Gasteiger charge is 2.32. The molecule has 1 heterocycles. The normalized spacial score (nSPS) is 34.9. The van der Waals surface area contributed by atoms with Crippen LogP contribution < -0.4 is 0 Å². The molecule has 3 rings (SSSR count). The van der Waals surface area contributed by atoms with Crippen LogP contribution >= 0.6 is 0 Å². The first-order valence-electron chi connectivity index (χ1n) is 8.17. The second-order valence-corrected chi connectivity index (χ2v) is 6.47. The van der Waals surface area contributed by atoms with Crippen molar-refractivity contribution in [2.24, 2.45) is 5.92 Å². The molecule has 4 atom stereocenters. The third kappa shape index (κ3) is 3.42. The molecule has 0 radical (unpaired) electrons. The number of hydrogen-bond donors (Lipinski definition) is 1. The summed E-state index contributed by atoms with van der Waals surface area (Å²) in [6.45, 7) is 0.912. The smallest absolute Gasteiger partial charge is 0.0578 e. The van der Waals surface area contributed by atoms with Crippen LogP contribution in [0.2, 0.25) is 0 Å². The average Bonchev–Trinajstić information content (AvgIpc) is 2.51. The molecule has 0 aromatic heterocycles. The van der Waals surface area contributed by atoms with Gasteiger partial charge in [0.1, 0.15) is 0 Å². The maximum absolute atomic E-state index is 10.3. The van der Waals surface area contributed by atoms with Gasteiger partial charge in [-0.25, -0.2) is 0 Å². The molecule has 1 aliphatic heterocycles. The zero-order valence-electron chi connectivity index (χ0n) is 12.2. The van der Waals surface area contributed by atoms with Crippen molar-refractivity contribution in [1.82, 2.24) is 0 Å². The zero-order valence-corrected chi connectivity index (χ0v) is 12.2. The van der Waals surface area contributed by atoms with Crippen molar-refractivity contribution in [3.8, 4) is 0 Å². The summed E-state index contributed by atoms with van der Waals surface area (Å²) in [5.74, 6) is 1.03. The van der Waals surface area contributed by atoms with Gasteiger partial charge in [0.05, 0.1) is 12.2 Å². The van der Waals surface area contributed by atoms with Gasteiger partial charge in [0.25, 0.3) is 0 Å². The Kier molecular flexibility index (Phi) is 4.74. The Bertz CT molecular complexity index is 397. The molecule has 1 aromatic rings. The van der Waals surface area contributed by atoms with Crippen molar-refractivity contribution < 1.29 is 9.84 Å². The van der Waals surface area contributed by atoms with Gasteiger partial charge >= 0.3 is 0 Å². The monoisotopic (exact) mass is 274 g/mol. The van der Waals surface area contributed by atoms with E-state index in [9.17, 15) is 5.11 Å². The van der Waals surface area contributed by atoms with Gasteiger partial charge in [0.15, 0.2) is 0 Å². The van der Waals surface area contributed by atoms with E-state index in [1.54, 1.807) is 0 Å². The number of ether oxygens (including phenoxy) is 1. The van der Waals surface area contributed by atoms with Crippen LogP contribution in [-0.4, -0.2) is 23.9 Å². The Labute approximate surface area is 122 Å². The summed E-state index contributed by atoms with van der Waals surface area (Å²) >= 11 is 0. The minimum Gasteiger partial charge on any atom is -0.393 e. The molecule has 0 amide bonds. The van der Waals surface area contributed by atoms with Crippen molar-refractivity contribution in [3.05, 3.63) is 35.9 Å². The lowest BCUT2D eigenvalue weighted by molar-refractivity contribution is -0.0273. The molecule has 1 N–H and O–H groups in total. The summed E-state index contributed by atoms with van der Waals surface area (Å²) in [4.78, 5) is 0. The number of benzene rings is 1. The second kappa shape index (κ2) is 6.73. The van der Waals surface area contributed by atoms with E-state index in [0.717, 1.165) is 32.3 Å². The molecule has 2 fully saturated rings. The van der Waals surface area contributed by atoms with E-state index >= 15 is 0 Å². The van der Waals surface area contributed by atoms with Crippen molar-refractivity contribution in [2.75, 3.05) is 6.61 Å². The molecule has 1 aromatic carbocycles. The third-order valence-electron chi connectivity index (χ3n) is 5.05. The number of aliphatic hydroxyl groups is 1. The van der Waals surface area contributed by atoms with Crippen LogP contribution in [0.4, 0.5) is 0 Å². The molecule has 0 spiro atoms. The van der Waals surface area contributed by atoms with E-state index in [4.69, 9.17) is 4.74 Å². The molecule has 0 bridgehead atoms. The Morgan fingerprint density at radius 3 is 2.65 bits per heavy atom. The topological polar surface area (TPSA) is 29.5 Å². The van der Waals surface area contributed by atoms with E-state index in [2.05, 4.69) is 30.3 Å². The average molecular weight is 274 g/mol. The van der Waals surface area contributed by atoms with Gasteiger partial charge in [0, 0.05) is 6.61 Å². The Morgan fingerprint density at radius 1 is 1.05 bits per heavy atom. The number of aliphatic hydroxyl groups excluding tert-OH is 1. The predicted octanol–water partition coefficient (Wildman–Crippen LogP) is 3.89. The summed E-state index contributed by atoms with van der Waals surface area (Å²) in [6.07, 6.45) is 8.16. The van der Waals surface area contributed by atoms with E-state index in [1.165, 1.54) is 24.8 Å². The van der Waals surface area contributed by atoms with E-state index in [-0.39, 0.29) is 6.10 Å². The molecule has 1 aliphatic carbocycles. The maximum atomic E-state index is 10.3. The first kappa shape index (κ1) is 14.1. The minimum atomic E-state index is -0.125. The molecule has 2 heteroatoms. The Balaban J connectivity index is 1.61. The van der Waals surface area contributed by atoms with Gasteiger partial charge in [-0.2, -0.15) is 0 Å². The molecule has 1 saturated heterocycles. The molecule has 2 nitrogen and oxygen atoms in total. The highest BCUT2D eigenvalue weighted by Crippen LogP contribution is 2.39. The van der Waals surface area contributed by atoms with Gasteiger partial charge in [-0.3, -0.25) is 0 Å². The fourth-order valence-electron chi connectivity index (χ4n) is 3.86. The van der Waals surface area contributed by atoms with Gasteiger partial charge in [-0.15, -0.1) is 0 Å². The first-order chi connectivity index (χ1) is 9.83. The predicted molar refractivity (Wildman–Crippen MR) is 80.7 cm³/mol. The van der Waals surface area contributed by atoms with Gasteiger partial charge in [-0.1, -0.05) is 30.3 Å². The minimum absolute atomic E-state index is 0.125. The molecule has 20 heavy (non-hydrogen) atoms. The van der Waals surface area contributed by atoms with Crippen LogP contribution in [0.25, 0.3) is 0 Å². The highest BCUT2D eigenvalue weighted by atomic mass is 16.5. The zero-order chi connectivity index (χ0) is 13.8. The standard InChI is InChI=1S/C18H26O2/c19-18-10-9-15(14-6-2-1-3-7-14)12-16(18)13-17-8-4-5-11-20-17/h1-3,6-7,15-19H,4-5,8-13H2. The quantitative estimate of drug-likeness (QED) is 0.906. The van der Waals surface area contributed by atoms with Crippen LogP contribution in [0.5, 0.6) is 0 Å². The lowest BCUT2D eigenvalue weighted by atomic mass is 9.74. The van der Waals surface area contributed by atoms with Crippen molar-refractivity contribution >= 4 is 0 Å². The first-order valence-corrected chi connectivity index (χ1v) is 8.17. The summed E-state index contributed by atoms with van der Waals surface area (Å²) in [5.41, 5.74) is 1.44. The summed E-state index contributed by atoms with van der Waals surface area (Å²) < 4.78 is 5.86. The summed E-state index contributed by atoms with van der Waals surface area (Å²) in [7, 11) is 0. The van der Waals surface area contributed by atoms with Gasteiger partial charge in [0.2, 0.25) is 0 Å². The van der Waals surface area contributed by atoms with Crippen LogP contribution in [0.3, 0.4) is 0 Å². The molecule has 2 aliphatic rings. The van der Waals surface area contributed by atoms with Crippen LogP contribution in [0.15, 0.2) is 30.3 Å². The fourth-order valence-corrected chi connectivity index (χ4v) is 3.86. The van der Waals surface area contributed by atoms with Crippen LogP contribution in [0.1, 0.15) is 56.4 Å². The number of rotatable bonds is 3. The van der Waals surface area contributed by atoms with Crippen molar-refractivity contribution in [3.63, 3.8) is 0 Å². The van der Waals surface area contributed by atoms with Crippen LogP contribution in [-0.2, 0) is 4.74 Å². The van der Waals surface area contributed by atoms with Crippen LogP contribution in [0, 0.1) is 5.92 Å². The fraction of sp³-hybridized carbons (Fsp3) is 0.667. The lowest BCUT2D eigenvalue weighted by Crippen LogP contribution is -2.33. The van der Waals surface area contributed by atoms with E-state index in [1.807, 2.05) is 0 Å². The largest absolute Gasteiger partial charge is 0.393 e. The lowest BCUT2D eigenvalue weighted by Gasteiger charge is -2.36. The SMILES string of the molecule is OC1CCC(c2ccccc2)CC1CC1CCCCO1.